The fraction of sp³-hybridized carbons (Fsp3) is 0.667. The number of benzene rings is 1. The summed E-state index contributed by atoms with van der Waals surface area (Å²) in [4.78, 5) is 38.2. The molecule has 0 aromatic heterocycles. The zero-order chi connectivity index (χ0) is 28.8. The number of ether oxygens (including phenoxy) is 1. The second-order valence-corrected chi connectivity index (χ2v) is 11.9. The zero-order valence-electron chi connectivity index (χ0n) is 23.8. The van der Waals surface area contributed by atoms with Crippen molar-refractivity contribution >= 4 is 28.0 Å². The first-order valence-corrected chi connectivity index (χ1v) is 15.1. The molecular formula is C27H42N3NaO8S. The number of carbonyl (C=O) groups is 3. The SMILES string of the molecule is CC(C)C[C@@H]1NC(=O)OC(CCCc2ccccc2)CCCCCNC(=O)CC[C@@H](C(O)S(=O)(=O)[O-])NC1=O.[Na+]. The third kappa shape index (κ3) is 14.3. The third-order valence-corrected chi connectivity index (χ3v) is 7.52. The van der Waals surface area contributed by atoms with Crippen molar-refractivity contribution in [2.24, 2.45) is 5.92 Å². The van der Waals surface area contributed by atoms with E-state index < -0.39 is 39.6 Å². The molecule has 0 saturated carbocycles. The van der Waals surface area contributed by atoms with Gasteiger partial charge in [0.25, 0.3) is 0 Å². The molecule has 0 bridgehead atoms. The molecule has 1 heterocycles. The maximum atomic E-state index is 13.1. The Labute approximate surface area is 259 Å². The summed E-state index contributed by atoms with van der Waals surface area (Å²) in [6.07, 6.45) is 3.76. The molecule has 1 aromatic carbocycles. The quantitative estimate of drug-likeness (QED) is 0.228. The summed E-state index contributed by atoms with van der Waals surface area (Å²) in [5, 5.41) is 17.8. The minimum Gasteiger partial charge on any atom is -0.746 e. The van der Waals surface area contributed by atoms with Gasteiger partial charge in [-0.15, -0.1) is 0 Å². The Morgan fingerprint density at radius 2 is 1.75 bits per heavy atom. The second kappa shape index (κ2) is 18.7. The van der Waals surface area contributed by atoms with Gasteiger partial charge in [-0.3, -0.25) is 9.59 Å². The number of rotatable bonds is 8. The summed E-state index contributed by atoms with van der Waals surface area (Å²) in [5.74, 6) is -1.20. The predicted molar refractivity (Wildman–Crippen MR) is 144 cm³/mol. The van der Waals surface area contributed by atoms with Crippen LogP contribution in [0.25, 0.3) is 0 Å². The number of aryl methyl sites for hydroxylation is 1. The van der Waals surface area contributed by atoms with Gasteiger partial charge in [0.2, 0.25) is 11.8 Å². The Kier molecular flexibility index (Phi) is 17.0. The molecule has 1 aliphatic heterocycles. The molecule has 0 aliphatic carbocycles. The van der Waals surface area contributed by atoms with Crippen molar-refractivity contribution in [2.45, 2.75) is 102 Å². The first-order chi connectivity index (χ1) is 18.5. The summed E-state index contributed by atoms with van der Waals surface area (Å²) < 4.78 is 40.2. The van der Waals surface area contributed by atoms with Gasteiger partial charge in [0.15, 0.2) is 5.44 Å². The Balaban J connectivity index is 0.00000800. The largest absolute Gasteiger partial charge is 1.00 e. The van der Waals surface area contributed by atoms with E-state index in [9.17, 15) is 32.5 Å². The maximum absolute atomic E-state index is 13.1. The first-order valence-electron chi connectivity index (χ1n) is 13.7. The average Bonchev–Trinajstić information content (AvgIpc) is 2.86. The van der Waals surface area contributed by atoms with Gasteiger partial charge in [-0.25, -0.2) is 13.2 Å². The van der Waals surface area contributed by atoms with E-state index in [0.717, 1.165) is 25.7 Å². The Hall–Kier alpha value is -1.70. The van der Waals surface area contributed by atoms with E-state index in [1.807, 2.05) is 44.2 Å². The minimum absolute atomic E-state index is 0. The maximum Gasteiger partial charge on any atom is 1.00 e. The Morgan fingerprint density at radius 3 is 2.40 bits per heavy atom. The van der Waals surface area contributed by atoms with Crippen LogP contribution in [0.15, 0.2) is 30.3 Å². The van der Waals surface area contributed by atoms with Crippen molar-refractivity contribution in [2.75, 3.05) is 6.54 Å². The van der Waals surface area contributed by atoms with Crippen LogP contribution >= 0.6 is 0 Å². The van der Waals surface area contributed by atoms with E-state index in [4.69, 9.17) is 4.74 Å². The van der Waals surface area contributed by atoms with Crippen molar-refractivity contribution in [3.63, 3.8) is 0 Å². The molecule has 0 spiro atoms. The number of aliphatic hydroxyl groups is 1. The summed E-state index contributed by atoms with van der Waals surface area (Å²) in [5.41, 5.74) is -1.26. The second-order valence-electron chi connectivity index (χ2n) is 10.5. The standard InChI is InChI=1S/C27H43N3O8S.Na/c1-19(2)18-23-25(32)29-22(26(33)39(35,36)37)15-16-24(31)28-17-8-4-7-13-21(38-27(34)30-23)14-9-12-20-10-5-3-6-11-20;/h3,5-6,10-11,19,21-23,26,33H,4,7-9,12-18H2,1-2H3,(H,28,31)(H,29,32)(H,30,34)(H,35,36,37);/q;+1/p-1/t21?,22-,23-,26?;/m0./s1. The number of carbonyl (C=O) groups excluding carboxylic acids is 3. The first kappa shape index (κ1) is 36.3. The summed E-state index contributed by atoms with van der Waals surface area (Å²) >= 11 is 0. The van der Waals surface area contributed by atoms with Crippen LogP contribution in [0.4, 0.5) is 4.79 Å². The summed E-state index contributed by atoms with van der Waals surface area (Å²) in [7, 11) is -5.18. The molecule has 11 nitrogen and oxygen atoms in total. The van der Waals surface area contributed by atoms with Crippen LogP contribution in [0.5, 0.6) is 0 Å². The molecule has 1 aromatic rings. The van der Waals surface area contributed by atoms with Crippen molar-refractivity contribution in [3.8, 4) is 0 Å². The Bertz CT molecular complexity index is 1030. The molecule has 2 unspecified atom stereocenters. The van der Waals surface area contributed by atoms with Gasteiger partial charge in [-0.1, -0.05) is 50.6 Å². The molecule has 40 heavy (non-hydrogen) atoms. The number of hydrogen-bond donors (Lipinski definition) is 4. The fourth-order valence-electron chi connectivity index (χ4n) is 4.52. The van der Waals surface area contributed by atoms with Crippen LogP contribution in [0, 0.1) is 5.92 Å². The molecule has 13 heteroatoms. The molecule has 2 rings (SSSR count). The Morgan fingerprint density at radius 1 is 1.05 bits per heavy atom. The van der Waals surface area contributed by atoms with Gasteiger partial charge in [-0.05, 0) is 62.8 Å². The summed E-state index contributed by atoms with van der Waals surface area (Å²) in [6.45, 7) is 4.08. The fourth-order valence-corrected chi connectivity index (χ4v) is 5.12. The number of aliphatic hydroxyl groups excluding tert-OH is 1. The van der Waals surface area contributed by atoms with Gasteiger partial charge >= 0.3 is 35.7 Å². The number of amides is 3. The van der Waals surface area contributed by atoms with E-state index in [-0.39, 0.29) is 66.7 Å². The van der Waals surface area contributed by atoms with Crippen LogP contribution in [-0.2, 0) is 30.9 Å². The topological polar surface area (TPSA) is 174 Å². The molecule has 1 saturated heterocycles. The van der Waals surface area contributed by atoms with Gasteiger partial charge in [0.1, 0.15) is 22.3 Å². The zero-order valence-corrected chi connectivity index (χ0v) is 26.6. The molecule has 4 atom stereocenters. The van der Waals surface area contributed by atoms with Crippen LogP contribution in [0.1, 0.15) is 77.2 Å². The smallest absolute Gasteiger partial charge is 0.746 e. The van der Waals surface area contributed by atoms with E-state index in [1.165, 1.54) is 5.56 Å². The number of cyclic esters (lactones) is 1. The molecule has 1 fully saturated rings. The molecule has 3 amide bonds. The summed E-state index contributed by atoms with van der Waals surface area (Å²) in [6, 6.07) is 7.36. The van der Waals surface area contributed by atoms with E-state index >= 15 is 0 Å². The molecular weight excluding hydrogens is 549 g/mol. The minimum atomic E-state index is -5.18. The van der Waals surface area contributed by atoms with Crippen LogP contribution in [0.2, 0.25) is 0 Å². The van der Waals surface area contributed by atoms with E-state index in [2.05, 4.69) is 16.0 Å². The van der Waals surface area contributed by atoms with Gasteiger partial charge in [0.05, 0.1) is 6.04 Å². The van der Waals surface area contributed by atoms with Crippen LogP contribution in [-0.4, -0.2) is 66.2 Å². The number of alkyl carbamates (subject to hydrolysis) is 1. The predicted octanol–water partition coefficient (Wildman–Crippen LogP) is -0.658. The van der Waals surface area contributed by atoms with Crippen LogP contribution < -0.4 is 45.5 Å². The van der Waals surface area contributed by atoms with Gasteiger partial charge in [-0.2, -0.15) is 0 Å². The van der Waals surface area contributed by atoms with Crippen molar-refractivity contribution < 1.29 is 66.8 Å². The number of hydrogen-bond acceptors (Lipinski definition) is 8. The molecule has 220 valence electrons. The monoisotopic (exact) mass is 591 g/mol. The van der Waals surface area contributed by atoms with Gasteiger partial charge in [0, 0.05) is 13.0 Å². The molecule has 0 radical (unpaired) electrons. The average molecular weight is 592 g/mol. The van der Waals surface area contributed by atoms with Gasteiger partial charge < -0.3 is 30.3 Å². The molecule has 4 N–H and O–H groups in total. The van der Waals surface area contributed by atoms with Crippen LogP contribution in [0.3, 0.4) is 0 Å². The third-order valence-electron chi connectivity index (χ3n) is 6.60. The molecule has 1 aliphatic rings. The van der Waals surface area contributed by atoms with Crippen molar-refractivity contribution in [1.29, 1.82) is 0 Å². The van der Waals surface area contributed by atoms with Crippen molar-refractivity contribution in [3.05, 3.63) is 35.9 Å². The number of nitrogens with one attached hydrogen (secondary N) is 3. The van der Waals surface area contributed by atoms with E-state index in [1.54, 1.807) is 0 Å². The van der Waals surface area contributed by atoms with E-state index in [0.29, 0.717) is 25.8 Å². The van der Waals surface area contributed by atoms with Crippen molar-refractivity contribution in [1.82, 2.24) is 16.0 Å². The normalized spacial score (nSPS) is 23.0.